The number of amides is 3. The number of hydrogen-bond acceptors (Lipinski definition) is 3. The Morgan fingerprint density at radius 2 is 1.86 bits per heavy atom. The normalized spacial score (nSPS) is 17.6. The molecule has 0 aliphatic carbocycles. The zero-order valence-electron chi connectivity index (χ0n) is 11.6. The number of carbonyl (C=O) groups is 3. The zero-order chi connectivity index (χ0) is 15.8. The maximum Gasteiger partial charge on any atom is 0.252 e. The summed E-state index contributed by atoms with van der Waals surface area (Å²) in [6.07, 6.45) is -0.553. The van der Waals surface area contributed by atoms with Crippen LogP contribution in [-0.4, -0.2) is 34.7 Å². The fourth-order valence-electron chi connectivity index (χ4n) is 2.13. The molecule has 1 aromatic rings. The summed E-state index contributed by atoms with van der Waals surface area (Å²) in [5.41, 5.74) is -1.64. The first-order valence-corrected chi connectivity index (χ1v) is 6.31. The minimum Gasteiger partial charge on any atom is -0.319 e. The molecule has 1 aromatic carbocycles. The smallest absolute Gasteiger partial charge is 0.252 e. The van der Waals surface area contributed by atoms with Crippen LogP contribution >= 0.6 is 0 Å². The van der Waals surface area contributed by atoms with Gasteiger partial charge in [0.2, 0.25) is 11.8 Å². The third kappa shape index (κ3) is 2.76. The number of nitrogens with one attached hydrogen (secondary N) is 1. The van der Waals surface area contributed by atoms with Gasteiger partial charge in [0.1, 0.15) is 23.7 Å². The van der Waals surface area contributed by atoms with E-state index >= 15 is 0 Å². The summed E-state index contributed by atoms with van der Waals surface area (Å²) in [5, 5.41) is 2.12. The van der Waals surface area contributed by atoms with Crippen LogP contribution in [0, 0.1) is 11.6 Å². The molecular weight excluding hydrogens is 282 g/mol. The summed E-state index contributed by atoms with van der Waals surface area (Å²) in [6, 6.07) is 3.29. The van der Waals surface area contributed by atoms with Crippen molar-refractivity contribution in [2.75, 3.05) is 6.54 Å². The molecule has 1 fully saturated rings. The number of rotatable bonds is 2. The molecule has 0 radical (unpaired) electrons. The number of piperazine rings is 1. The summed E-state index contributed by atoms with van der Waals surface area (Å²) < 4.78 is 27.1. The van der Waals surface area contributed by atoms with Crippen LogP contribution in [0.2, 0.25) is 0 Å². The van der Waals surface area contributed by atoms with Crippen LogP contribution in [0.1, 0.15) is 19.4 Å². The SMILES string of the molecule is CC1(C)C(=O)NC(=O)CN1C(=O)Cc1c(F)cccc1F. The summed E-state index contributed by atoms with van der Waals surface area (Å²) in [7, 11) is 0. The first-order chi connectivity index (χ1) is 9.73. The minimum absolute atomic E-state index is 0.326. The zero-order valence-corrected chi connectivity index (χ0v) is 11.6. The number of halogens is 2. The topological polar surface area (TPSA) is 66.5 Å². The van der Waals surface area contributed by atoms with Crippen LogP contribution in [-0.2, 0) is 20.8 Å². The Balaban J connectivity index is 2.27. The highest BCUT2D eigenvalue weighted by Gasteiger charge is 2.43. The van der Waals surface area contributed by atoms with Gasteiger partial charge >= 0.3 is 0 Å². The predicted molar refractivity (Wildman–Crippen MR) is 69.0 cm³/mol. The molecular formula is C14H14F2N2O3. The number of hydrogen-bond donors (Lipinski definition) is 1. The first-order valence-electron chi connectivity index (χ1n) is 6.31. The van der Waals surface area contributed by atoms with Crippen molar-refractivity contribution in [2.24, 2.45) is 0 Å². The molecule has 112 valence electrons. The van der Waals surface area contributed by atoms with E-state index in [-0.39, 0.29) is 12.1 Å². The molecule has 0 saturated carbocycles. The first kappa shape index (κ1) is 15.1. The van der Waals surface area contributed by atoms with Crippen molar-refractivity contribution in [1.29, 1.82) is 0 Å². The molecule has 2 rings (SSSR count). The molecule has 0 bridgehead atoms. The van der Waals surface area contributed by atoms with E-state index in [0.29, 0.717) is 0 Å². The Morgan fingerprint density at radius 3 is 2.43 bits per heavy atom. The Morgan fingerprint density at radius 1 is 1.29 bits per heavy atom. The van der Waals surface area contributed by atoms with Crippen LogP contribution < -0.4 is 5.32 Å². The van der Waals surface area contributed by atoms with Gasteiger partial charge in [-0.05, 0) is 26.0 Å². The molecule has 21 heavy (non-hydrogen) atoms. The minimum atomic E-state index is -1.26. The molecule has 1 aliphatic rings. The molecule has 5 nitrogen and oxygen atoms in total. The van der Waals surface area contributed by atoms with Gasteiger partial charge in [-0.15, -0.1) is 0 Å². The highest BCUT2D eigenvalue weighted by molar-refractivity contribution is 6.06. The number of nitrogens with zero attached hydrogens (tertiary/aromatic N) is 1. The Hall–Kier alpha value is -2.31. The standard InChI is InChI=1S/C14H14F2N2O3/c1-14(2)13(21)17-11(19)7-18(14)12(20)6-8-9(15)4-3-5-10(8)16/h3-5H,6-7H2,1-2H3,(H,17,19,21). The maximum atomic E-state index is 13.6. The van der Waals surface area contributed by atoms with E-state index in [1.54, 1.807) is 0 Å². The summed E-state index contributed by atoms with van der Waals surface area (Å²) in [4.78, 5) is 36.4. The second-order valence-corrected chi connectivity index (χ2v) is 5.29. The number of carbonyl (C=O) groups excluding carboxylic acids is 3. The largest absolute Gasteiger partial charge is 0.319 e. The van der Waals surface area contributed by atoms with Crippen molar-refractivity contribution >= 4 is 17.7 Å². The predicted octanol–water partition coefficient (Wildman–Crippen LogP) is 0.771. The fraction of sp³-hybridized carbons (Fsp3) is 0.357. The van der Waals surface area contributed by atoms with Gasteiger partial charge in [0.25, 0.3) is 5.91 Å². The molecule has 0 atom stereocenters. The van der Waals surface area contributed by atoms with Crippen LogP contribution in [0.5, 0.6) is 0 Å². The summed E-state index contributed by atoms with van der Waals surface area (Å²) in [5.74, 6) is -3.61. The average molecular weight is 296 g/mol. The molecule has 1 heterocycles. The maximum absolute atomic E-state index is 13.6. The van der Waals surface area contributed by atoms with Gasteiger partial charge in [0.15, 0.2) is 0 Å². The Labute approximate surface area is 119 Å². The van der Waals surface area contributed by atoms with Gasteiger partial charge in [-0.1, -0.05) is 6.07 Å². The third-order valence-electron chi connectivity index (χ3n) is 3.48. The van der Waals surface area contributed by atoms with Crippen molar-refractivity contribution in [3.63, 3.8) is 0 Å². The van der Waals surface area contributed by atoms with Gasteiger partial charge in [-0.25, -0.2) is 8.78 Å². The number of imide groups is 1. The molecule has 7 heteroatoms. The van der Waals surface area contributed by atoms with Crippen molar-refractivity contribution in [1.82, 2.24) is 10.2 Å². The van der Waals surface area contributed by atoms with Gasteiger partial charge in [-0.3, -0.25) is 19.7 Å². The van der Waals surface area contributed by atoms with Crippen molar-refractivity contribution in [3.8, 4) is 0 Å². The summed E-state index contributed by atoms with van der Waals surface area (Å²) in [6.45, 7) is 2.60. The van der Waals surface area contributed by atoms with Crippen molar-refractivity contribution in [2.45, 2.75) is 25.8 Å². The lowest BCUT2D eigenvalue weighted by Crippen LogP contribution is -2.65. The highest BCUT2D eigenvalue weighted by Crippen LogP contribution is 2.21. The highest BCUT2D eigenvalue weighted by atomic mass is 19.1. The fourth-order valence-corrected chi connectivity index (χ4v) is 2.13. The lowest BCUT2D eigenvalue weighted by Gasteiger charge is -2.40. The van der Waals surface area contributed by atoms with Crippen molar-refractivity contribution in [3.05, 3.63) is 35.4 Å². The Bertz CT molecular complexity index is 608. The Kier molecular flexibility index (Phi) is 3.76. The van der Waals surface area contributed by atoms with Crippen molar-refractivity contribution < 1.29 is 23.2 Å². The van der Waals surface area contributed by atoms with E-state index in [4.69, 9.17) is 0 Å². The van der Waals surface area contributed by atoms with Crippen LogP contribution in [0.25, 0.3) is 0 Å². The molecule has 3 amide bonds. The molecule has 0 aromatic heterocycles. The second-order valence-electron chi connectivity index (χ2n) is 5.29. The van der Waals surface area contributed by atoms with Gasteiger partial charge in [-0.2, -0.15) is 0 Å². The van der Waals surface area contributed by atoms with Crippen LogP contribution in [0.3, 0.4) is 0 Å². The van der Waals surface area contributed by atoms with E-state index in [9.17, 15) is 23.2 Å². The molecule has 1 saturated heterocycles. The monoisotopic (exact) mass is 296 g/mol. The molecule has 1 aliphatic heterocycles. The van der Waals surface area contributed by atoms with Crippen LogP contribution in [0.4, 0.5) is 8.78 Å². The van der Waals surface area contributed by atoms with E-state index in [1.807, 2.05) is 0 Å². The quantitative estimate of drug-likeness (QED) is 0.820. The van der Waals surface area contributed by atoms with Crippen LogP contribution in [0.15, 0.2) is 18.2 Å². The molecule has 0 spiro atoms. The number of benzene rings is 1. The molecule has 1 N–H and O–H groups in total. The lowest BCUT2D eigenvalue weighted by molar-refractivity contribution is -0.155. The lowest BCUT2D eigenvalue weighted by atomic mass is 9.97. The van der Waals surface area contributed by atoms with Gasteiger partial charge in [0.05, 0.1) is 6.42 Å². The van der Waals surface area contributed by atoms with Gasteiger partial charge in [0, 0.05) is 5.56 Å². The average Bonchev–Trinajstić information content (AvgIpc) is 2.38. The van der Waals surface area contributed by atoms with Gasteiger partial charge < -0.3 is 4.90 Å². The van der Waals surface area contributed by atoms with E-state index in [0.717, 1.165) is 17.0 Å². The summed E-state index contributed by atoms with van der Waals surface area (Å²) >= 11 is 0. The van der Waals surface area contributed by atoms with E-state index < -0.39 is 41.3 Å². The van der Waals surface area contributed by atoms with E-state index in [2.05, 4.69) is 5.32 Å². The second kappa shape index (κ2) is 5.23. The third-order valence-corrected chi connectivity index (χ3v) is 3.48. The molecule has 0 unspecified atom stereocenters. The van der Waals surface area contributed by atoms with E-state index in [1.165, 1.54) is 19.9 Å².